The Morgan fingerprint density at radius 3 is 2.67 bits per heavy atom. The van der Waals surface area contributed by atoms with Crippen LogP contribution >= 0.6 is 0 Å². The van der Waals surface area contributed by atoms with Gasteiger partial charge in [0.25, 0.3) is 0 Å². The molecule has 98 valence electrons. The van der Waals surface area contributed by atoms with Crippen LogP contribution in [0.2, 0.25) is 25.7 Å². The van der Waals surface area contributed by atoms with Gasteiger partial charge in [0.1, 0.15) is 12.2 Å². The smallest absolute Gasteiger partial charge is 0.160 e. The largest absolute Gasteiger partial charge is 0.361 e. The zero-order chi connectivity index (χ0) is 13.2. The lowest BCUT2D eigenvalue weighted by atomic mass is 10.3. The lowest BCUT2D eigenvalue weighted by molar-refractivity contribution is 0.0898. The van der Waals surface area contributed by atoms with Crippen LogP contribution in [0.4, 0.5) is 0 Å². The second-order valence-electron chi connectivity index (χ2n) is 5.86. The van der Waals surface area contributed by atoms with Gasteiger partial charge in [0.2, 0.25) is 0 Å². The molecule has 0 amide bonds. The van der Waals surface area contributed by atoms with Crippen molar-refractivity contribution in [2.24, 2.45) is 0 Å². The topological polar surface area (TPSA) is 39.9 Å². The van der Waals surface area contributed by atoms with E-state index in [0.717, 1.165) is 23.3 Å². The molecular weight excluding hydrogens is 242 g/mol. The van der Waals surface area contributed by atoms with Crippen LogP contribution < -0.4 is 0 Å². The van der Waals surface area contributed by atoms with E-state index in [-0.39, 0.29) is 0 Å². The number of hydrogen-bond donors (Lipinski definition) is 0. The summed E-state index contributed by atoms with van der Waals surface area (Å²) in [5.74, 6) is 0. The minimum absolute atomic E-state index is 0.563. The fourth-order valence-electron chi connectivity index (χ4n) is 1.81. The van der Waals surface area contributed by atoms with E-state index in [1.807, 2.05) is 4.57 Å². The highest BCUT2D eigenvalue weighted by atomic mass is 28.3. The minimum atomic E-state index is -1.01. The Hall–Kier alpha value is -1.20. The van der Waals surface area contributed by atoms with Crippen molar-refractivity contribution < 1.29 is 4.74 Å². The van der Waals surface area contributed by atoms with Gasteiger partial charge in [-0.05, 0) is 18.5 Å². The molecule has 0 N–H and O–H groups in total. The lowest BCUT2D eigenvalue weighted by Gasteiger charge is -2.15. The van der Waals surface area contributed by atoms with Gasteiger partial charge in [-0.15, -0.1) is 0 Å². The highest BCUT2D eigenvalue weighted by Gasteiger charge is 2.12. The summed E-state index contributed by atoms with van der Waals surface area (Å²) >= 11 is 0. The van der Waals surface area contributed by atoms with E-state index < -0.39 is 8.07 Å². The molecule has 0 aromatic carbocycles. The summed E-state index contributed by atoms with van der Waals surface area (Å²) in [5, 5.41) is 0. The third-order valence-corrected chi connectivity index (χ3v) is 4.60. The molecule has 0 saturated carbocycles. The molecule has 0 fully saturated rings. The minimum Gasteiger partial charge on any atom is -0.361 e. The molecular formula is C13H21N3OSi. The molecule has 0 radical (unpaired) electrons. The van der Waals surface area contributed by atoms with Gasteiger partial charge in [-0.1, -0.05) is 19.6 Å². The third-order valence-electron chi connectivity index (χ3n) is 2.90. The third kappa shape index (κ3) is 3.17. The molecule has 5 heteroatoms. The fraction of sp³-hybridized carbons (Fsp3) is 0.538. The van der Waals surface area contributed by atoms with Crippen molar-refractivity contribution in [1.82, 2.24) is 14.5 Å². The summed E-state index contributed by atoms with van der Waals surface area (Å²) in [6.07, 6.45) is 5.51. The van der Waals surface area contributed by atoms with E-state index in [4.69, 9.17) is 4.74 Å². The first-order valence-corrected chi connectivity index (χ1v) is 10.0. The maximum atomic E-state index is 5.75. The van der Waals surface area contributed by atoms with Gasteiger partial charge in [0.15, 0.2) is 5.65 Å². The molecule has 18 heavy (non-hydrogen) atoms. The quantitative estimate of drug-likeness (QED) is 0.615. The van der Waals surface area contributed by atoms with E-state index in [9.17, 15) is 0 Å². The van der Waals surface area contributed by atoms with Crippen LogP contribution in [0.25, 0.3) is 11.2 Å². The summed E-state index contributed by atoms with van der Waals surface area (Å²) in [6.45, 7) is 10.5. The Labute approximate surface area is 109 Å². The molecule has 2 aromatic heterocycles. The van der Waals surface area contributed by atoms with E-state index in [0.29, 0.717) is 6.73 Å². The number of hydrogen-bond acceptors (Lipinski definition) is 3. The van der Waals surface area contributed by atoms with Gasteiger partial charge in [0.05, 0.1) is 0 Å². The van der Waals surface area contributed by atoms with Gasteiger partial charge in [-0.2, -0.15) is 0 Å². The highest BCUT2D eigenvalue weighted by Crippen LogP contribution is 2.16. The molecule has 2 heterocycles. The molecule has 0 bridgehead atoms. The lowest BCUT2D eigenvalue weighted by Crippen LogP contribution is -2.22. The van der Waals surface area contributed by atoms with Gasteiger partial charge < -0.3 is 9.30 Å². The summed E-state index contributed by atoms with van der Waals surface area (Å²) in [5.41, 5.74) is 3.01. The molecule has 0 aliphatic carbocycles. The molecule has 0 aliphatic heterocycles. The van der Waals surface area contributed by atoms with Crippen molar-refractivity contribution in [3.05, 3.63) is 24.2 Å². The van der Waals surface area contributed by atoms with Crippen molar-refractivity contribution in [1.29, 1.82) is 0 Å². The molecule has 0 saturated heterocycles. The zero-order valence-corrected chi connectivity index (χ0v) is 12.6. The van der Waals surface area contributed by atoms with Crippen LogP contribution in [0.1, 0.15) is 5.56 Å². The predicted octanol–water partition coefficient (Wildman–Crippen LogP) is 3.05. The van der Waals surface area contributed by atoms with E-state index >= 15 is 0 Å². The first-order valence-electron chi connectivity index (χ1n) is 6.31. The number of ether oxygens (including phenoxy) is 1. The van der Waals surface area contributed by atoms with Crippen molar-refractivity contribution in [3.8, 4) is 0 Å². The molecule has 4 nitrogen and oxygen atoms in total. The summed E-state index contributed by atoms with van der Waals surface area (Å²) in [7, 11) is -1.01. The molecule has 0 aliphatic rings. The average molecular weight is 263 g/mol. The van der Waals surface area contributed by atoms with Gasteiger partial charge >= 0.3 is 0 Å². The summed E-state index contributed by atoms with van der Waals surface area (Å²) < 4.78 is 7.78. The predicted molar refractivity (Wildman–Crippen MR) is 76.4 cm³/mol. The van der Waals surface area contributed by atoms with Gasteiger partial charge in [0, 0.05) is 33.3 Å². The standard InChI is InChI=1S/C13H21N3OSi/c1-11-9-16(10-17-7-8-18(2,3)4)13-12(11)14-5-6-15-13/h5-6,9H,7-8,10H2,1-4H3. The van der Waals surface area contributed by atoms with E-state index in [1.165, 1.54) is 6.04 Å². The Kier molecular flexibility index (Phi) is 3.82. The number of aromatic nitrogens is 3. The number of nitrogens with zero attached hydrogens (tertiary/aromatic N) is 3. The van der Waals surface area contributed by atoms with Crippen LogP contribution in [0.3, 0.4) is 0 Å². The van der Waals surface area contributed by atoms with Crippen molar-refractivity contribution in [2.75, 3.05) is 6.61 Å². The zero-order valence-electron chi connectivity index (χ0n) is 11.6. The average Bonchev–Trinajstić information content (AvgIpc) is 2.62. The van der Waals surface area contributed by atoms with E-state index in [2.05, 4.69) is 42.7 Å². The summed E-state index contributed by atoms with van der Waals surface area (Å²) in [4.78, 5) is 8.70. The molecule has 2 rings (SSSR count). The monoisotopic (exact) mass is 263 g/mol. The Morgan fingerprint density at radius 1 is 1.22 bits per heavy atom. The molecule has 2 aromatic rings. The molecule has 0 atom stereocenters. The maximum absolute atomic E-state index is 5.75. The number of fused-ring (bicyclic) bond motifs is 1. The molecule has 0 unspecified atom stereocenters. The number of rotatable bonds is 5. The van der Waals surface area contributed by atoms with Crippen LogP contribution in [0.5, 0.6) is 0 Å². The van der Waals surface area contributed by atoms with Crippen LogP contribution in [0.15, 0.2) is 18.6 Å². The van der Waals surface area contributed by atoms with Gasteiger partial charge in [-0.25, -0.2) is 4.98 Å². The fourth-order valence-corrected chi connectivity index (χ4v) is 2.57. The molecule has 0 spiro atoms. The second kappa shape index (κ2) is 5.20. The first-order chi connectivity index (χ1) is 8.47. The highest BCUT2D eigenvalue weighted by molar-refractivity contribution is 6.76. The normalized spacial score (nSPS) is 12.2. The number of aryl methyl sites for hydroxylation is 1. The van der Waals surface area contributed by atoms with Crippen LogP contribution in [-0.4, -0.2) is 29.2 Å². The van der Waals surface area contributed by atoms with Crippen molar-refractivity contribution in [2.45, 2.75) is 39.3 Å². The Balaban J connectivity index is 2.00. The maximum Gasteiger partial charge on any atom is 0.160 e. The second-order valence-corrected chi connectivity index (χ2v) is 11.5. The Bertz CT molecular complexity index is 531. The van der Waals surface area contributed by atoms with Crippen molar-refractivity contribution in [3.63, 3.8) is 0 Å². The van der Waals surface area contributed by atoms with Crippen LogP contribution in [-0.2, 0) is 11.5 Å². The van der Waals surface area contributed by atoms with E-state index in [1.54, 1.807) is 12.4 Å². The SMILES string of the molecule is Cc1cn(COCC[Si](C)(C)C)c2nccnc12. The van der Waals surface area contributed by atoms with Crippen molar-refractivity contribution >= 4 is 19.2 Å². The Morgan fingerprint density at radius 2 is 1.94 bits per heavy atom. The summed E-state index contributed by atoms with van der Waals surface area (Å²) in [6, 6.07) is 1.19. The van der Waals surface area contributed by atoms with Gasteiger partial charge in [-0.3, -0.25) is 4.98 Å². The van der Waals surface area contributed by atoms with Crippen LogP contribution in [0, 0.1) is 6.92 Å². The first kappa shape index (κ1) is 13.2.